The smallest absolute Gasteiger partial charge is 0.330 e. The molecule has 0 saturated heterocycles. The molecule has 0 unspecified atom stereocenters. The summed E-state index contributed by atoms with van der Waals surface area (Å²) in [5, 5.41) is 1.03. The molecular weight excluding hydrogens is 382 g/mol. The van der Waals surface area contributed by atoms with Crippen LogP contribution in [-0.2, 0) is 9.53 Å². The number of ether oxygens (including phenoxy) is 2. The quantitative estimate of drug-likeness (QED) is 0.345. The molecule has 1 heterocycles. The number of rotatable bonds is 6. The molecule has 0 N–H and O–H groups in total. The summed E-state index contributed by atoms with van der Waals surface area (Å²) in [5.41, 5.74) is 1.73. The molecule has 0 aliphatic heterocycles. The van der Waals surface area contributed by atoms with Crippen molar-refractivity contribution in [1.29, 1.82) is 0 Å². The fraction of sp³-hybridized carbons (Fsp3) is 0.100. The van der Waals surface area contributed by atoms with E-state index in [0.717, 1.165) is 26.7 Å². The first-order valence-corrected chi connectivity index (χ1v) is 8.58. The van der Waals surface area contributed by atoms with Gasteiger partial charge < -0.3 is 9.47 Å². The highest BCUT2D eigenvalue weighted by molar-refractivity contribution is 9.10. The van der Waals surface area contributed by atoms with Gasteiger partial charge in [-0.3, -0.25) is 4.98 Å². The first-order chi connectivity index (χ1) is 12.2. The fourth-order valence-corrected chi connectivity index (χ4v) is 2.71. The highest BCUT2D eigenvalue weighted by atomic mass is 79.9. The van der Waals surface area contributed by atoms with Crippen LogP contribution in [-0.4, -0.2) is 24.2 Å². The van der Waals surface area contributed by atoms with E-state index in [4.69, 9.17) is 9.47 Å². The monoisotopic (exact) mass is 397 g/mol. The standard InChI is InChI=1S/C20H16BrNO3/c21-17-7-2-8-18(14-17)24-12-13-25-19(23)10-9-16-5-1-4-15-6-3-11-22-20(15)16/h1-11,14H,12-13H2/b10-9+. The minimum atomic E-state index is -0.411. The van der Waals surface area contributed by atoms with Crippen molar-refractivity contribution < 1.29 is 14.3 Å². The molecule has 3 rings (SSSR count). The zero-order valence-corrected chi connectivity index (χ0v) is 15.0. The normalized spacial score (nSPS) is 10.9. The number of halogens is 1. The van der Waals surface area contributed by atoms with Crippen LogP contribution in [0, 0.1) is 0 Å². The SMILES string of the molecule is O=C(/C=C/c1cccc2cccnc12)OCCOc1cccc(Br)c1. The van der Waals surface area contributed by atoms with Crippen molar-refractivity contribution in [3.63, 3.8) is 0 Å². The maximum absolute atomic E-state index is 11.8. The van der Waals surface area contributed by atoms with Crippen LogP contribution in [0.4, 0.5) is 0 Å². The van der Waals surface area contributed by atoms with E-state index in [9.17, 15) is 4.79 Å². The van der Waals surface area contributed by atoms with Gasteiger partial charge >= 0.3 is 5.97 Å². The predicted molar refractivity (Wildman–Crippen MR) is 101 cm³/mol. The van der Waals surface area contributed by atoms with Gasteiger partial charge in [0.25, 0.3) is 0 Å². The van der Waals surface area contributed by atoms with Gasteiger partial charge in [0.1, 0.15) is 19.0 Å². The molecule has 5 heteroatoms. The van der Waals surface area contributed by atoms with E-state index >= 15 is 0 Å². The van der Waals surface area contributed by atoms with Crippen molar-refractivity contribution in [2.24, 2.45) is 0 Å². The van der Waals surface area contributed by atoms with Crippen LogP contribution in [0.2, 0.25) is 0 Å². The van der Waals surface area contributed by atoms with Gasteiger partial charge in [-0.05, 0) is 30.3 Å². The van der Waals surface area contributed by atoms with E-state index in [-0.39, 0.29) is 6.61 Å². The van der Waals surface area contributed by atoms with E-state index in [2.05, 4.69) is 20.9 Å². The molecule has 0 atom stereocenters. The van der Waals surface area contributed by atoms with Crippen molar-refractivity contribution in [1.82, 2.24) is 4.98 Å². The fourth-order valence-electron chi connectivity index (χ4n) is 2.33. The van der Waals surface area contributed by atoms with Gasteiger partial charge in [0.15, 0.2) is 0 Å². The van der Waals surface area contributed by atoms with E-state index in [1.807, 2.05) is 54.6 Å². The number of aromatic nitrogens is 1. The molecule has 0 aliphatic carbocycles. The zero-order valence-electron chi connectivity index (χ0n) is 13.4. The predicted octanol–water partition coefficient (Wildman–Crippen LogP) is 4.63. The van der Waals surface area contributed by atoms with Crippen LogP contribution in [0.3, 0.4) is 0 Å². The lowest BCUT2D eigenvalue weighted by atomic mass is 10.1. The molecule has 126 valence electrons. The number of para-hydroxylation sites is 1. The average Bonchev–Trinajstić information content (AvgIpc) is 2.63. The summed E-state index contributed by atoms with van der Waals surface area (Å²) in [5.74, 6) is 0.313. The Hall–Kier alpha value is -2.66. The molecule has 0 radical (unpaired) electrons. The second-order valence-electron chi connectivity index (χ2n) is 5.23. The number of pyridine rings is 1. The maximum Gasteiger partial charge on any atom is 0.330 e. The van der Waals surface area contributed by atoms with Crippen LogP contribution in [0.1, 0.15) is 5.56 Å². The largest absolute Gasteiger partial charge is 0.490 e. The molecule has 3 aromatic rings. The van der Waals surface area contributed by atoms with Crippen molar-refractivity contribution in [3.05, 3.63) is 76.9 Å². The van der Waals surface area contributed by atoms with E-state index in [0.29, 0.717) is 6.61 Å². The molecule has 0 saturated carbocycles. The molecule has 0 fully saturated rings. The van der Waals surface area contributed by atoms with Gasteiger partial charge in [-0.2, -0.15) is 0 Å². The lowest BCUT2D eigenvalue weighted by Crippen LogP contribution is -2.10. The topological polar surface area (TPSA) is 48.4 Å². The lowest BCUT2D eigenvalue weighted by Gasteiger charge is -2.06. The summed E-state index contributed by atoms with van der Waals surface area (Å²) in [6.45, 7) is 0.481. The Bertz CT molecular complexity index is 903. The zero-order chi connectivity index (χ0) is 17.5. The molecule has 4 nitrogen and oxygen atoms in total. The van der Waals surface area contributed by atoms with Crippen LogP contribution in [0.15, 0.2) is 71.3 Å². The highest BCUT2D eigenvalue weighted by Crippen LogP contribution is 2.18. The molecule has 0 aliphatic rings. The van der Waals surface area contributed by atoms with Crippen LogP contribution >= 0.6 is 15.9 Å². The number of esters is 1. The summed E-state index contributed by atoms with van der Waals surface area (Å²) >= 11 is 3.37. The van der Waals surface area contributed by atoms with Crippen molar-refractivity contribution in [2.45, 2.75) is 0 Å². The van der Waals surface area contributed by atoms with E-state index in [1.54, 1.807) is 12.3 Å². The Morgan fingerprint density at radius 3 is 2.80 bits per heavy atom. The summed E-state index contributed by atoms with van der Waals surface area (Å²) < 4.78 is 11.6. The Kier molecular flexibility index (Phi) is 5.80. The van der Waals surface area contributed by atoms with E-state index < -0.39 is 5.97 Å². The highest BCUT2D eigenvalue weighted by Gasteiger charge is 2.01. The Morgan fingerprint density at radius 1 is 1.08 bits per heavy atom. The first-order valence-electron chi connectivity index (χ1n) is 7.79. The average molecular weight is 398 g/mol. The van der Waals surface area contributed by atoms with Crippen LogP contribution < -0.4 is 4.74 Å². The van der Waals surface area contributed by atoms with Gasteiger partial charge in [-0.25, -0.2) is 4.79 Å². The van der Waals surface area contributed by atoms with E-state index in [1.165, 1.54) is 6.08 Å². The molecule has 2 aromatic carbocycles. The van der Waals surface area contributed by atoms with Crippen LogP contribution in [0.5, 0.6) is 5.75 Å². The Labute approximate surface area is 154 Å². The molecule has 0 bridgehead atoms. The Morgan fingerprint density at radius 2 is 1.92 bits per heavy atom. The lowest BCUT2D eigenvalue weighted by molar-refractivity contribution is -0.138. The van der Waals surface area contributed by atoms with Gasteiger partial charge in [0, 0.05) is 27.7 Å². The summed E-state index contributed by atoms with van der Waals surface area (Å²) in [6, 6.07) is 17.2. The number of benzene rings is 2. The first kappa shape index (κ1) is 17.2. The molecule has 0 amide bonds. The summed E-state index contributed by atoms with van der Waals surface area (Å²) in [7, 11) is 0. The molecule has 0 spiro atoms. The van der Waals surface area contributed by atoms with Gasteiger partial charge in [-0.15, -0.1) is 0 Å². The second kappa shape index (κ2) is 8.44. The second-order valence-corrected chi connectivity index (χ2v) is 6.14. The van der Waals surface area contributed by atoms with Gasteiger partial charge in [0.2, 0.25) is 0 Å². The number of hydrogen-bond donors (Lipinski definition) is 0. The van der Waals surface area contributed by atoms with Gasteiger partial charge in [0.05, 0.1) is 5.52 Å². The number of hydrogen-bond acceptors (Lipinski definition) is 4. The van der Waals surface area contributed by atoms with Crippen LogP contribution in [0.25, 0.3) is 17.0 Å². The minimum Gasteiger partial charge on any atom is -0.490 e. The molecule has 25 heavy (non-hydrogen) atoms. The van der Waals surface area contributed by atoms with Crippen molar-refractivity contribution in [3.8, 4) is 5.75 Å². The minimum absolute atomic E-state index is 0.184. The van der Waals surface area contributed by atoms with Gasteiger partial charge in [-0.1, -0.05) is 46.3 Å². The van der Waals surface area contributed by atoms with Crippen molar-refractivity contribution in [2.75, 3.05) is 13.2 Å². The number of nitrogens with zero attached hydrogens (tertiary/aromatic N) is 1. The third-order valence-electron chi connectivity index (χ3n) is 3.46. The maximum atomic E-state index is 11.8. The molecule has 1 aromatic heterocycles. The number of fused-ring (bicyclic) bond motifs is 1. The number of carbonyl (C=O) groups excluding carboxylic acids is 1. The number of carbonyl (C=O) groups is 1. The summed E-state index contributed by atoms with van der Waals surface area (Å²) in [6.07, 6.45) is 4.85. The van der Waals surface area contributed by atoms with Crippen molar-refractivity contribution >= 4 is 38.9 Å². The Balaban J connectivity index is 1.51. The summed E-state index contributed by atoms with van der Waals surface area (Å²) in [4.78, 5) is 16.2. The third kappa shape index (κ3) is 4.90. The third-order valence-corrected chi connectivity index (χ3v) is 3.95. The molecular formula is C20H16BrNO3.